The first-order chi connectivity index (χ1) is 10.1. The molecule has 1 aromatic carbocycles. The number of benzene rings is 1. The maximum atomic E-state index is 12.1. The van der Waals surface area contributed by atoms with Gasteiger partial charge in [-0.2, -0.15) is 0 Å². The van der Waals surface area contributed by atoms with E-state index in [4.69, 9.17) is 4.74 Å². The quantitative estimate of drug-likeness (QED) is 0.841. The van der Waals surface area contributed by atoms with E-state index in [1.54, 1.807) is 18.3 Å². The third-order valence-electron chi connectivity index (χ3n) is 3.22. The monoisotopic (exact) mass is 410 g/mol. The molecular formula is C15H12Br2N2O2. The Morgan fingerprint density at radius 2 is 2.14 bits per heavy atom. The number of hydrogen-bond acceptors (Lipinski definition) is 3. The number of carbonyl (C=O) groups is 1. The fraction of sp³-hybridized carbons (Fsp3) is 0.200. The zero-order valence-corrected chi connectivity index (χ0v) is 14.2. The summed E-state index contributed by atoms with van der Waals surface area (Å²) >= 11 is 6.79. The first-order valence-corrected chi connectivity index (χ1v) is 8.06. The van der Waals surface area contributed by atoms with Crippen molar-refractivity contribution >= 4 is 37.8 Å². The normalized spacial score (nSPS) is 12.7. The highest BCUT2D eigenvalue weighted by Crippen LogP contribution is 2.32. The van der Waals surface area contributed by atoms with Crippen molar-refractivity contribution in [3.63, 3.8) is 0 Å². The van der Waals surface area contributed by atoms with E-state index >= 15 is 0 Å². The topological polar surface area (TPSA) is 51.2 Å². The smallest absolute Gasteiger partial charge is 0.270 e. The lowest BCUT2D eigenvalue weighted by Crippen LogP contribution is -2.24. The van der Waals surface area contributed by atoms with Crippen molar-refractivity contribution < 1.29 is 9.53 Å². The Hall–Kier alpha value is -1.40. The van der Waals surface area contributed by atoms with Crippen LogP contribution in [0.5, 0.6) is 5.75 Å². The standard InChI is InChI=1S/C15H12Br2N2O2/c16-11-1-2-13(18-8-11)15(20)19-7-10-6-12(17)5-9-3-4-21-14(9)10/h1-2,5-6,8H,3-4,7H2,(H,19,20). The zero-order valence-electron chi connectivity index (χ0n) is 11.0. The van der Waals surface area contributed by atoms with Gasteiger partial charge in [0.2, 0.25) is 0 Å². The minimum Gasteiger partial charge on any atom is -0.493 e. The Morgan fingerprint density at radius 3 is 2.90 bits per heavy atom. The molecule has 0 bridgehead atoms. The number of fused-ring (bicyclic) bond motifs is 1. The number of carbonyl (C=O) groups excluding carboxylic acids is 1. The van der Waals surface area contributed by atoms with Gasteiger partial charge in [-0.05, 0) is 45.8 Å². The number of halogens is 2. The molecule has 1 amide bonds. The highest BCUT2D eigenvalue weighted by molar-refractivity contribution is 9.10. The minimum atomic E-state index is -0.200. The summed E-state index contributed by atoms with van der Waals surface area (Å²) in [6.45, 7) is 1.11. The summed E-state index contributed by atoms with van der Waals surface area (Å²) in [6, 6.07) is 7.51. The van der Waals surface area contributed by atoms with E-state index < -0.39 is 0 Å². The number of pyridine rings is 1. The molecule has 6 heteroatoms. The van der Waals surface area contributed by atoms with Crippen LogP contribution in [0.25, 0.3) is 0 Å². The van der Waals surface area contributed by atoms with Crippen LogP contribution in [-0.4, -0.2) is 17.5 Å². The van der Waals surface area contributed by atoms with Crippen molar-refractivity contribution in [2.24, 2.45) is 0 Å². The fourth-order valence-corrected chi connectivity index (χ4v) is 3.04. The maximum absolute atomic E-state index is 12.1. The van der Waals surface area contributed by atoms with Crippen LogP contribution in [0.1, 0.15) is 21.6 Å². The van der Waals surface area contributed by atoms with Gasteiger partial charge in [-0.1, -0.05) is 15.9 Å². The predicted molar refractivity (Wildman–Crippen MR) is 86.4 cm³/mol. The van der Waals surface area contributed by atoms with Gasteiger partial charge < -0.3 is 10.1 Å². The molecule has 0 atom stereocenters. The second kappa shape index (κ2) is 6.15. The molecule has 108 valence electrons. The van der Waals surface area contributed by atoms with Crippen LogP contribution in [0, 0.1) is 0 Å². The van der Waals surface area contributed by atoms with Crippen LogP contribution in [0.3, 0.4) is 0 Å². The van der Waals surface area contributed by atoms with Crippen molar-refractivity contribution in [1.29, 1.82) is 0 Å². The van der Waals surface area contributed by atoms with E-state index in [1.807, 2.05) is 6.07 Å². The number of nitrogens with zero attached hydrogens (tertiary/aromatic N) is 1. The predicted octanol–water partition coefficient (Wildman–Crippen LogP) is 3.47. The second-order valence-electron chi connectivity index (χ2n) is 4.70. The van der Waals surface area contributed by atoms with Crippen molar-refractivity contribution in [3.8, 4) is 5.75 Å². The maximum Gasteiger partial charge on any atom is 0.270 e. The van der Waals surface area contributed by atoms with Crippen LogP contribution in [0.15, 0.2) is 39.4 Å². The first kappa shape index (κ1) is 14.5. The number of amides is 1. The molecule has 1 aliphatic rings. The molecule has 21 heavy (non-hydrogen) atoms. The molecule has 0 aliphatic carbocycles. The highest BCUT2D eigenvalue weighted by Gasteiger charge is 2.18. The second-order valence-corrected chi connectivity index (χ2v) is 6.53. The van der Waals surface area contributed by atoms with Gasteiger partial charge in [0.1, 0.15) is 11.4 Å². The third-order valence-corrected chi connectivity index (χ3v) is 4.15. The van der Waals surface area contributed by atoms with Gasteiger partial charge >= 0.3 is 0 Å². The Kier molecular flexibility index (Phi) is 4.26. The number of aromatic nitrogens is 1. The van der Waals surface area contributed by atoms with Crippen LogP contribution in [0.4, 0.5) is 0 Å². The molecule has 0 unspecified atom stereocenters. The Balaban J connectivity index is 1.73. The van der Waals surface area contributed by atoms with Gasteiger partial charge in [-0.3, -0.25) is 4.79 Å². The lowest BCUT2D eigenvalue weighted by Gasteiger charge is -2.10. The van der Waals surface area contributed by atoms with E-state index in [0.717, 1.165) is 26.7 Å². The molecule has 4 nitrogen and oxygen atoms in total. The number of nitrogens with one attached hydrogen (secondary N) is 1. The number of rotatable bonds is 3. The first-order valence-electron chi connectivity index (χ1n) is 6.47. The van der Waals surface area contributed by atoms with Crippen molar-refractivity contribution in [1.82, 2.24) is 10.3 Å². The van der Waals surface area contributed by atoms with Gasteiger partial charge in [0.15, 0.2) is 0 Å². The molecule has 3 rings (SSSR count). The molecule has 0 saturated heterocycles. The van der Waals surface area contributed by atoms with Gasteiger partial charge in [0.25, 0.3) is 5.91 Å². The lowest BCUT2D eigenvalue weighted by atomic mass is 10.1. The average Bonchev–Trinajstić information content (AvgIpc) is 2.93. The molecule has 2 heterocycles. The van der Waals surface area contributed by atoms with E-state index in [1.165, 1.54) is 5.56 Å². The highest BCUT2D eigenvalue weighted by atomic mass is 79.9. The fourth-order valence-electron chi connectivity index (χ4n) is 2.25. The number of ether oxygens (including phenoxy) is 1. The molecule has 1 N–H and O–H groups in total. The van der Waals surface area contributed by atoms with E-state index in [0.29, 0.717) is 18.8 Å². The lowest BCUT2D eigenvalue weighted by molar-refractivity contribution is 0.0945. The van der Waals surface area contributed by atoms with Crippen LogP contribution >= 0.6 is 31.9 Å². The van der Waals surface area contributed by atoms with Crippen LogP contribution < -0.4 is 10.1 Å². The largest absolute Gasteiger partial charge is 0.493 e. The molecule has 2 aromatic rings. The molecule has 0 radical (unpaired) electrons. The van der Waals surface area contributed by atoms with Crippen molar-refractivity contribution in [3.05, 3.63) is 56.2 Å². The average molecular weight is 412 g/mol. The zero-order chi connectivity index (χ0) is 14.8. The summed E-state index contributed by atoms with van der Waals surface area (Å²) in [5.41, 5.74) is 2.54. The Morgan fingerprint density at radius 1 is 1.29 bits per heavy atom. The van der Waals surface area contributed by atoms with E-state index in [9.17, 15) is 4.79 Å². The molecule has 0 fully saturated rings. The van der Waals surface area contributed by atoms with Gasteiger partial charge in [0, 0.05) is 33.7 Å². The van der Waals surface area contributed by atoms with E-state index in [2.05, 4.69) is 48.2 Å². The van der Waals surface area contributed by atoms with Crippen LogP contribution in [-0.2, 0) is 13.0 Å². The van der Waals surface area contributed by atoms with Crippen LogP contribution in [0.2, 0.25) is 0 Å². The third kappa shape index (κ3) is 3.27. The summed E-state index contributed by atoms with van der Waals surface area (Å²) in [5, 5.41) is 2.87. The SMILES string of the molecule is O=C(NCc1cc(Br)cc2c1OCC2)c1ccc(Br)cn1. The molecule has 1 aliphatic heterocycles. The molecule has 0 spiro atoms. The summed E-state index contributed by atoms with van der Waals surface area (Å²) in [6.07, 6.45) is 2.51. The molecule has 1 aromatic heterocycles. The number of hydrogen-bond donors (Lipinski definition) is 1. The summed E-state index contributed by atoms with van der Waals surface area (Å²) < 4.78 is 7.49. The Bertz CT molecular complexity index is 687. The minimum absolute atomic E-state index is 0.200. The Labute approximate surface area is 139 Å². The summed E-state index contributed by atoms with van der Waals surface area (Å²) in [7, 11) is 0. The summed E-state index contributed by atoms with van der Waals surface area (Å²) in [5.74, 6) is 0.691. The summed E-state index contributed by atoms with van der Waals surface area (Å²) in [4.78, 5) is 16.2. The molecular weight excluding hydrogens is 400 g/mol. The van der Waals surface area contributed by atoms with Gasteiger partial charge in [-0.25, -0.2) is 4.98 Å². The van der Waals surface area contributed by atoms with E-state index in [-0.39, 0.29) is 5.91 Å². The van der Waals surface area contributed by atoms with Gasteiger partial charge in [0.05, 0.1) is 6.61 Å². The molecule has 0 saturated carbocycles. The van der Waals surface area contributed by atoms with Crippen molar-refractivity contribution in [2.75, 3.05) is 6.61 Å². The van der Waals surface area contributed by atoms with Crippen molar-refractivity contribution in [2.45, 2.75) is 13.0 Å². The van der Waals surface area contributed by atoms with Gasteiger partial charge in [-0.15, -0.1) is 0 Å².